The minimum atomic E-state index is -0.343. The molecule has 0 spiro atoms. The predicted molar refractivity (Wildman–Crippen MR) is 83.3 cm³/mol. The number of rotatable bonds is 5. The highest BCUT2D eigenvalue weighted by Crippen LogP contribution is 2.21. The van der Waals surface area contributed by atoms with Gasteiger partial charge in [0.1, 0.15) is 0 Å². The molecule has 7 nitrogen and oxygen atoms in total. The van der Waals surface area contributed by atoms with Gasteiger partial charge in [-0.2, -0.15) is 9.97 Å². The molecule has 0 saturated carbocycles. The lowest BCUT2D eigenvalue weighted by Gasteiger charge is -2.08. The van der Waals surface area contributed by atoms with E-state index in [0.717, 1.165) is 4.47 Å². The third kappa shape index (κ3) is 4.05. The third-order valence-corrected chi connectivity index (χ3v) is 3.41. The summed E-state index contributed by atoms with van der Waals surface area (Å²) in [5.74, 6) is -0.0344. The minimum Gasteiger partial charge on any atom is -0.467 e. The van der Waals surface area contributed by atoms with Crippen LogP contribution in [-0.2, 0) is 6.54 Å². The molecule has 0 aliphatic rings. The molecule has 9 heteroatoms. The highest BCUT2D eigenvalue weighted by Gasteiger charge is 2.13. The van der Waals surface area contributed by atoms with Crippen molar-refractivity contribution in [3.05, 3.63) is 39.1 Å². The number of aromatic nitrogens is 3. The minimum absolute atomic E-state index is 0.0803. The highest BCUT2D eigenvalue weighted by molar-refractivity contribution is 9.10. The summed E-state index contributed by atoms with van der Waals surface area (Å²) >= 11 is 9.30. The van der Waals surface area contributed by atoms with E-state index in [1.54, 1.807) is 18.2 Å². The average Bonchev–Trinajstić information content (AvgIpc) is 2.54. The largest absolute Gasteiger partial charge is 0.467 e. The van der Waals surface area contributed by atoms with Gasteiger partial charge in [-0.25, -0.2) is 0 Å². The number of ether oxygens (including phenoxy) is 2. The van der Waals surface area contributed by atoms with Crippen molar-refractivity contribution < 1.29 is 14.3 Å². The van der Waals surface area contributed by atoms with Crippen molar-refractivity contribution in [1.82, 2.24) is 20.3 Å². The zero-order valence-corrected chi connectivity index (χ0v) is 14.1. The Kier molecular flexibility index (Phi) is 5.51. The number of halogens is 2. The zero-order valence-electron chi connectivity index (χ0n) is 11.8. The van der Waals surface area contributed by atoms with Crippen LogP contribution in [0.2, 0.25) is 5.02 Å². The summed E-state index contributed by atoms with van der Waals surface area (Å²) in [4.78, 5) is 24.1. The predicted octanol–water partition coefficient (Wildman–Crippen LogP) is 2.23. The first kappa shape index (κ1) is 16.4. The van der Waals surface area contributed by atoms with Gasteiger partial charge in [0.15, 0.2) is 5.82 Å². The topological polar surface area (TPSA) is 86.2 Å². The SMILES string of the molecule is COc1nc(CNC(=O)c2cc(Br)ccc2Cl)nc(OC)n1. The van der Waals surface area contributed by atoms with Crippen molar-refractivity contribution in [1.29, 1.82) is 0 Å². The van der Waals surface area contributed by atoms with Gasteiger partial charge in [-0.15, -0.1) is 4.98 Å². The Hall–Kier alpha value is -1.93. The summed E-state index contributed by atoms with van der Waals surface area (Å²) in [6.45, 7) is 0.0803. The van der Waals surface area contributed by atoms with E-state index in [1.807, 2.05) is 0 Å². The number of nitrogens with one attached hydrogen (secondary N) is 1. The summed E-state index contributed by atoms with van der Waals surface area (Å²) in [5, 5.41) is 3.03. The summed E-state index contributed by atoms with van der Waals surface area (Å²) in [5.41, 5.74) is 0.351. The Morgan fingerprint density at radius 1 is 1.23 bits per heavy atom. The molecule has 0 aliphatic heterocycles. The van der Waals surface area contributed by atoms with Crippen LogP contribution in [0.3, 0.4) is 0 Å². The van der Waals surface area contributed by atoms with Crippen LogP contribution in [0.15, 0.2) is 22.7 Å². The van der Waals surface area contributed by atoms with Gasteiger partial charge < -0.3 is 14.8 Å². The summed E-state index contributed by atoms with van der Waals surface area (Å²) in [6, 6.07) is 5.23. The second kappa shape index (κ2) is 7.37. The van der Waals surface area contributed by atoms with Crippen molar-refractivity contribution in [2.45, 2.75) is 6.54 Å². The molecule has 0 atom stereocenters. The van der Waals surface area contributed by atoms with Gasteiger partial charge in [0, 0.05) is 4.47 Å². The molecule has 0 radical (unpaired) electrons. The Morgan fingerprint density at radius 2 is 1.86 bits per heavy atom. The second-order valence-corrected chi connectivity index (χ2v) is 5.35. The Balaban J connectivity index is 2.12. The fourth-order valence-electron chi connectivity index (χ4n) is 1.57. The number of methoxy groups -OCH3 is 2. The molecule has 22 heavy (non-hydrogen) atoms. The monoisotopic (exact) mass is 386 g/mol. The maximum Gasteiger partial charge on any atom is 0.322 e. The van der Waals surface area contributed by atoms with Gasteiger partial charge in [-0.3, -0.25) is 4.79 Å². The van der Waals surface area contributed by atoms with Gasteiger partial charge >= 0.3 is 12.0 Å². The maximum atomic E-state index is 12.1. The standard InChI is InChI=1S/C13H12BrClN4O3/c1-21-12-17-10(18-13(19-12)22-2)6-16-11(20)8-5-7(14)3-4-9(8)15/h3-5H,6H2,1-2H3,(H,16,20). The third-order valence-electron chi connectivity index (χ3n) is 2.59. The number of amides is 1. The van der Waals surface area contributed by atoms with Crippen LogP contribution < -0.4 is 14.8 Å². The molecule has 0 unspecified atom stereocenters. The van der Waals surface area contributed by atoms with Crippen molar-refractivity contribution in [2.75, 3.05) is 14.2 Å². The molecule has 0 aliphatic carbocycles. The Morgan fingerprint density at radius 3 is 2.45 bits per heavy atom. The molecule has 0 bridgehead atoms. The lowest BCUT2D eigenvalue weighted by molar-refractivity contribution is 0.0949. The molecule has 1 aromatic carbocycles. The Bertz CT molecular complexity index is 677. The zero-order chi connectivity index (χ0) is 16.1. The Labute approximate surface area is 140 Å². The van der Waals surface area contributed by atoms with Crippen molar-refractivity contribution in [2.24, 2.45) is 0 Å². The lowest BCUT2D eigenvalue weighted by Crippen LogP contribution is -2.24. The lowest BCUT2D eigenvalue weighted by atomic mass is 10.2. The second-order valence-electron chi connectivity index (χ2n) is 4.03. The van der Waals surface area contributed by atoms with Gasteiger partial charge in [0.25, 0.3) is 5.91 Å². The average molecular weight is 388 g/mol. The molecule has 1 amide bonds. The number of hydrogen-bond acceptors (Lipinski definition) is 6. The first-order valence-electron chi connectivity index (χ1n) is 6.09. The van der Waals surface area contributed by atoms with E-state index >= 15 is 0 Å². The molecule has 1 heterocycles. The normalized spacial score (nSPS) is 10.2. The van der Waals surface area contributed by atoms with Gasteiger partial charge in [0.05, 0.1) is 31.4 Å². The molecule has 2 rings (SSSR count). The molecular weight excluding hydrogens is 376 g/mol. The van der Waals surface area contributed by atoms with Crippen molar-refractivity contribution in [3.63, 3.8) is 0 Å². The van der Waals surface area contributed by atoms with Crippen LogP contribution >= 0.6 is 27.5 Å². The summed E-state index contributed by atoms with van der Waals surface area (Å²) in [7, 11) is 2.86. The number of carbonyl (C=O) groups excluding carboxylic acids is 1. The molecule has 2 aromatic rings. The summed E-state index contributed by atoms with van der Waals surface area (Å²) in [6.07, 6.45) is 0. The number of nitrogens with zero attached hydrogens (tertiary/aromatic N) is 3. The van der Waals surface area contributed by atoms with E-state index in [-0.39, 0.29) is 24.5 Å². The van der Waals surface area contributed by atoms with Gasteiger partial charge in [-0.1, -0.05) is 27.5 Å². The molecule has 116 valence electrons. The van der Waals surface area contributed by atoms with E-state index in [4.69, 9.17) is 21.1 Å². The van der Waals surface area contributed by atoms with Gasteiger partial charge in [0.2, 0.25) is 0 Å². The van der Waals surface area contributed by atoms with E-state index in [1.165, 1.54) is 14.2 Å². The fourth-order valence-corrected chi connectivity index (χ4v) is 2.13. The highest BCUT2D eigenvalue weighted by atomic mass is 79.9. The van der Waals surface area contributed by atoms with Crippen LogP contribution in [0.25, 0.3) is 0 Å². The van der Waals surface area contributed by atoms with E-state index < -0.39 is 0 Å². The van der Waals surface area contributed by atoms with Crippen LogP contribution in [0.5, 0.6) is 12.0 Å². The van der Waals surface area contributed by atoms with Crippen molar-refractivity contribution >= 4 is 33.4 Å². The van der Waals surface area contributed by atoms with Crippen LogP contribution in [0.4, 0.5) is 0 Å². The molecule has 1 aromatic heterocycles. The van der Waals surface area contributed by atoms with E-state index in [2.05, 4.69) is 36.2 Å². The first-order chi connectivity index (χ1) is 10.5. The van der Waals surface area contributed by atoms with Crippen LogP contribution in [0, 0.1) is 0 Å². The number of benzene rings is 1. The van der Waals surface area contributed by atoms with E-state index in [0.29, 0.717) is 16.4 Å². The van der Waals surface area contributed by atoms with Crippen LogP contribution in [0.1, 0.15) is 16.2 Å². The number of hydrogen-bond donors (Lipinski definition) is 1. The molecule has 1 N–H and O–H groups in total. The van der Waals surface area contributed by atoms with Gasteiger partial charge in [-0.05, 0) is 18.2 Å². The molecule has 0 fully saturated rings. The quantitative estimate of drug-likeness (QED) is 0.847. The molecular formula is C13H12BrClN4O3. The smallest absolute Gasteiger partial charge is 0.322 e. The summed E-state index contributed by atoms with van der Waals surface area (Å²) < 4.78 is 10.6. The molecule has 0 saturated heterocycles. The van der Waals surface area contributed by atoms with Crippen LogP contribution in [-0.4, -0.2) is 35.1 Å². The first-order valence-corrected chi connectivity index (χ1v) is 7.26. The van der Waals surface area contributed by atoms with E-state index in [9.17, 15) is 4.79 Å². The number of carbonyl (C=O) groups is 1. The maximum absolute atomic E-state index is 12.1. The van der Waals surface area contributed by atoms with Crippen molar-refractivity contribution in [3.8, 4) is 12.0 Å². The fraction of sp³-hybridized carbons (Fsp3) is 0.231.